The van der Waals surface area contributed by atoms with Crippen LogP contribution in [0.3, 0.4) is 0 Å². The molecule has 0 spiro atoms. The molecule has 2 amide bonds. The van der Waals surface area contributed by atoms with Gasteiger partial charge in [-0.15, -0.1) is 0 Å². The number of likely N-dealkylation sites (N-methyl/N-ethyl adjacent to an activating group) is 1. The molecule has 0 heterocycles. The van der Waals surface area contributed by atoms with Crippen molar-refractivity contribution in [2.75, 3.05) is 31.6 Å². The fourth-order valence-electron chi connectivity index (χ4n) is 4.62. The third kappa shape index (κ3) is 7.77. The Morgan fingerprint density at radius 3 is 2.39 bits per heavy atom. The lowest BCUT2D eigenvalue weighted by atomic mass is 10.1. The summed E-state index contributed by atoms with van der Waals surface area (Å²) in [5.74, 6) is -0.495. The zero-order valence-electron chi connectivity index (χ0n) is 25.1. The van der Waals surface area contributed by atoms with Gasteiger partial charge in [-0.25, -0.2) is 8.42 Å². The van der Waals surface area contributed by atoms with Gasteiger partial charge in [0.25, 0.3) is 15.7 Å². The van der Waals surface area contributed by atoms with Crippen molar-refractivity contribution in [1.82, 2.24) is 10.2 Å². The van der Waals surface area contributed by atoms with Crippen LogP contribution < -0.4 is 19.1 Å². The van der Waals surface area contributed by atoms with Gasteiger partial charge in [0.1, 0.15) is 24.1 Å². The summed E-state index contributed by atoms with van der Waals surface area (Å²) >= 11 is 6.26. The molecule has 1 N–H and O–H groups in total. The number of nitrogens with one attached hydrogen (secondary N) is 1. The SMILES string of the molecule is CCNC(=O)[C@@H](CC)N(Cc1cccc(OC)c1)C(=O)CN(c1cc(Cl)ccc1OC)S(=O)(=O)c1ccc(C)c([N+](=O)[O-])c1. The second-order valence-electron chi connectivity index (χ2n) is 9.73. The summed E-state index contributed by atoms with van der Waals surface area (Å²) in [7, 11) is -1.80. The first-order valence-corrected chi connectivity index (χ1v) is 15.5. The minimum atomic E-state index is -4.63. The number of rotatable bonds is 14. The van der Waals surface area contributed by atoms with Crippen LogP contribution >= 0.6 is 11.6 Å². The number of methoxy groups -OCH3 is 2. The average Bonchev–Trinajstić information content (AvgIpc) is 2.99. The number of hydrogen-bond acceptors (Lipinski definition) is 8. The maximum absolute atomic E-state index is 14.2. The molecule has 12 nitrogen and oxygen atoms in total. The topological polar surface area (TPSA) is 148 Å². The molecule has 3 rings (SSSR count). The summed E-state index contributed by atoms with van der Waals surface area (Å²) in [6.45, 7) is 4.48. The predicted molar refractivity (Wildman–Crippen MR) is 167 cm³/mol. The van der Waals surface area contributed by atoms with E-state index in [-0.39, 0.29) is 35.0 Å². The highest BCUT2D eigenvalue weighted by Gasteiger charge is 2.35. The molecule has 0 aliphatic carbocycles. The Balaban J connectivity index is 2.19. The van der Waals surface area contributed by atoms with Gasteiger partial charge in [-0.2, -0.15) is 0 Å². The molecule has 236 valence electrons. The highest BCUT2D eigenvalue weighted by molar-refractivity contribution is 7.92. The maximum atomic E-state index is 14.2. The van der Waals surface area contributed by atoms with Crippen molar-refractivity contribution < 1.29 is 32.4 Å². The number of nitro groups is 1. The lowest BCUT2D eigenvalue weighted by molar-refractivity contribution is -0.385. The number of anilines is 1. The molecular formula is C30H35ClN4O8S. The molecule has 0 bridgehead atoms. The first kappa shape index (κ1) is 34.1. The molecule has 3 aromatic rings. The van der Waals surface area contributed by atoms with Crippen LogP contribution in [-0.2, 0) is 26.2 Å². The molecule has 0 aliphatic rings. The summed E-state index contributed by atoms with van der Waals surface area (Å²) in [5.41, 5.74) is 0.430. The normalized spacial score (nSPS) is 11.8. The van der Waals surface area contributed by atoms with E-state index in [0.717, 1.165) is 10.4 Å². The van der Waals surface area contributed by atoms with E-state index < -0.39 is 49.9 Å². The molecule has 44 heavy (non-hydrogen) atoms. The number of ether oxygens (including phenoxy) is 2. The van der Waals surface area contributed by atoms with Gasteiger partial charge < -0.3 is 19.7 Å². The molecule has 0 fully saturated rings. The number of nitro benzene ring substituents is 1. The smallest absolute Gasteiger partial charge is 0.273 e. The highest BCUT2D eigenvalue weighted by Crippen LogP contribution is 2.36. The largest absolute Gasteiger partial charge is 0.497 e. The molecule has 14 heteroatoms. The van der Waals surface area contributed by atoms with Gasteiger partial charge in [-0.3, -0.25) is 24.0 Å². The van der Waals surface area contributed by atoms with E-state index in [1.807, 2.05) is 0 Å². The van der Waals surface area contributed by atoms with Gasteiger partial charge >= 0.3 is 0 Å². The number of benzene rings is 3. The van der Waals surface area contributed by atoms with Crippen LogP contribution in [0.25, 0.3) is 0 Å². The number of carbonyl (C=O) groups excluding carboxylic acids is 2. The van der Waals surface area contributed by atoms with Crippen molar-refractivity contribution in [3.63, 3.8) is 0 Å². The van der Waals surface area contributed by atoms with E-state index in [2.05, 4.69) is 5.32 Å². The Bertz CT molecular complexity index is 1630. The van der Waals surface area contributed by atoms with E-state index in [9.17, 15) is 28.1 Å². The van der Waals surface area contributed by atoms with Crippen LogP contribution in [0.1, 0.15) is 31.4 Å². The van der Waals surface area contributed by atoms with Gasteiger partial charge in [0, 0.05) is 29.7 Å². The molecule has 0 saturated carbocycles. The molecule has 0 aliphatic heterocycles. The standard InChI is InChI=1S/C30H35ClN4O8S/c1-6-25(30(37)32-7-2)33(18-21-9-8-10-23(15-21)42-4)29(36)19-34(27-16-22(31)12-14-28(27)43-5)44(40,41)24-13-11-20(3)26(17-24)35(38)39/h8-17,25H,6-7,18-19H2,1-5H3,(H,32,37)/t25-/m1/s1. The molecule has 1 atom stereocenters. The van der Waals surface area contributed by atoms with Crippen LogP contribution in [0.15, 0.2) is 65.6 Å². The Hall–Kier alpha value is -4.36. The predicted octanol–water partition coefficient (Wildman–Crippen LogP) is 4.71. The monoisotopic (exact) mass is 646 g/mol. The number of aryl methyl sites for hydroxylation is 1. The molecule has 0 aromatic heterocycles. The van der Waals surface area contributed by atoms with Crippen LogP contribution in [0.5, 0.6) is 11.5 Å². The van der Waals surface area contributed by atoms with Gasteiger partial charge in [-0.1, -0.05) is 36.7 Å². The molecule has 0 radical (unpaired) electrons. The second-order valence-corrected chi connectivity index (χ2v) is 12.0. The third-order valence-electron chi connectivity index (χ3n) is 6.88. The number of sulfonamides is 1. The first-order chi connectivity index (χ1) is 20.9. The van der Waals surface area contributed by atoms with Crippen molar-refractivity contribution in [2.24, 2.45) is 0 Å². The number of carbonyl (C=O) groups is 2. The lowest BCUT2D eigenvalue weighted by Gasteiger charge is -2.33. The molecule has 3 aromatic carbocycles. The van der Waals surface area contributed by atoms with Crippen LogP contribution in [0.4, 0.5) is 11.4 Å². The van der Waals surface area contributed by atoms with Crippen LogP contribution in [-0.4, -0.2) is 63.4 Å². The average molecular weight is 647 g/mol. The first-order valence-electron chi connectivity index (χ1n) is 13.7. The van der Waals surface area contributed by atoms with E-state index >= 15 is 0 Å². The molecule has 0 unspecified atom stereocenters. The Morgan fingerprint density at radius 1 is 1.05 bits per heavy atom. The van der Waals surface area contributed by atoms with E-state index in [4.69, 9.17) is 21.1 Å². The lowest BCUT2D eigenvalue weighted by Crippen LogP contribution is -2.52. The zero-order valence-corrected chi connectivity index (χ0v) is 26.6. The van der Waals surface area contributed by atoms with Crippen molar-refractivity contribution in [3.8, 4) is 11.5 Å². The third-order valence-corrected chi connectivity index (χ3v) is 8.87. The van der Waals surface area contributed by atoms with Crippen molar-refractivity contribution in [1.29, 1.82) is 0 Å². The van der Waals surface area contributed by atoms with Gasteiger partial charge in [-0.05, 0) is 62.2 Å². The maximum Gasteiger partial charge on any atom is 0.273 e. The number of amides is 2. The number of hydrogen-bond donors (Lipinski definition) is 1. The minimum absolute atomic E-state index is 0.0394. The quantitative estimate of drug-likeness (QED) is 0.196. The van der Waals surface area contributed by atoms with Crippen LogP contribution in [0.2, 0.25) is 5.02 Å². The number of nitrogens with zero attached hydrogens (tertiary/aromatic N) is 3. The van der Waals surface area contributed by atoms with Crippen LogP contribution in [0, 0.1) is 17.0 Å². The Kier molecular flexibility index (Phi) is 11.5. The van der Waals surface area contributed by atoms with E-state index in [1.54, 1.807) is 38.1 Å². The van der Waals surface area contributed by atoms with Gasteiger partial charge in [0.2, 0.25) is 11.8 Å². The summed E-state index contributed by atoms with van der Waals surface area (Å²) in [6.07, 6.45) is 0.235. The summed E-state index contributed by atoms with van der Waals surface area (Å²) < 4.78 is 39.9. The van der Waals surface area contributed by atoms with Crippen molar-refractivity contribution >= 4 is 44.8 Å². The fraction of sp³-hybridized carbons (Fsp3) is 0.333. The minimum Gasteiger partial charge on any atom is -0.497 e. The summed E-state index contributed by atoms with van der Waals surface area (Å²) in [5, 5.41) is 14.5. The van der Waals surface area contributed by atoms with Gasteiger partial charge in [0.15, 0.2) is 0 Å². The highest BCUT2D eigenvalue weighted by atomic mass is 35.5. The second kappa shape index (κ2) is 14.9. The number of halogens is 1. The fourth-order valence-corrected chi connectivity index (χ4v) is 6.23. The molecular weight excluding hydrogens is 612 g/mol. The van der Waals surface area contributed by atoms with Crippen molar-refractivity contribution in [3.05, 3.63) is 86.9 Å². The van der Waals surface area contributed by atoms with Crippen molar-refractivity contribution in [2.45, 2.75) is 44.7 Å². The Morgan fingerprint density at radius 2 is 1.77 bits per heavy atom. The Labute approximate surface area is 261 Å². The summed E-state index contributed by atoms with van der Waals surface area (Å²) in [4.78, 5) is 39.2. The zero-order chi connectivity index (χ0) is 32.6. The van der Waals surface area contributed by atoms with Gasteiger partial charge in [0.05, 0.1) is 29.7 Å². The van der Waals surface area contributed by atoms with E-state index in [0.29, 0.717) is 17.9 Å². The molecule has 0 saturated heterocycles. The summed E-state index contributed by atoms with van der Waals surface area (Å²) in [6, 6.07) is 13.7. The van der Waals surface area contributed by atoms with E-state index in [1.165, 1.54) is 56.4 Å².